The van der Waals surface area contributed by atoms with Gasteiger partial charge in [-0.05, 0) is 52.9 Å². The van der Waals surface area contributed by atoms with Crippen molar-refractivity contribution in [2.24, 2.45) is 0 Å². The Morgan fingerprint density at radius 1 is 1.33 bits per heavy atom. The van der Waals surface area contributed by atoms with Crippen molar-refractivity contribution in [3.05, 3.63) is 56.8 Å². The van der Waals surface area contributed by atoms with Gasteiger partial charge in [-0.15, -0.1) is 0 Å². The molecule has 2 rings (SSSR count). The maximum atomic E-state index is 12.2. The predicted molar refractivity (Wildman–Crippen MR) is 81.1 cm³/mol. The smallest absolute Gasteiger partial charge is 0.259 e. The Hall–Kier alpha value is -1.14. The summed E-state index contributed by atoms with van der Waals surface area (Å²) < 4.78 is 0.923. The van der Waals surface area contributed by atoms with Crippen LogP contribution >= 0.6 is 34.2 Å². The van der Waals surface area contributed by atoms with Crippen LogP contribution in [0.4, 0.5) is 5.82 Å². The monoisotopic (exact) mass is 372 g/mol. The Morgan fingerprint density at radius 2 is 2.11 bits per heavy atom. The number of nitrogens with zero attached hydrogens (tertiary/aromatic N) is 2. The fraction of sp³-hybridized carbons (Fsp3) is 0.0769. The lowest BCUT2D eigenvalue weighted by Gasteiger charge is -2.16. The topological polar surface area (TPSA) is 33.2 Å². The van der Waals surface area contributed by atoms with E-state index in [0.29, 0.717) is 16.4 Å². The second-order valence-corrected chi connectivity index (χ2v) is 5.25. The second-order valence-electron chi connectivity index (χ2n) is 3.68. The summed E-state index contributed by atoms with van der Waals surface area (Å²) >= 11 is 8.14. The summed E-state index contributed by atoms with van der Waals surface area (Å²) in [6.07, 6.45) is 1.65. The zero-order chi connectivity index (χ0) is 13.1. The van der Waals surface area contributed by atoms with Gasteiger partial charge >= 0.3 is 0 Å². The third kappa shape index (κ3) is 2.81. The molecule has 1 aromatic carbocycles. The van der Waals surface area contributed by atoms with E-state index in [1.807, 2.05) is 18.2 Å². The van der Waals surface area contributed by atoms with Crippen molar-refractivity contribution in [3.8, 4) is 0 Å². The molecule has 1 amide bonds. The Bertz CT molecular complexity index is 574. The van der Waals surface area contributed by atoms with E-state index in [0.717, 1.165) is 3.57 Å². The highest BCUT2D eigenvalue weighted by Gasteiger charge is 2.15. The summed E-state index contributed by atoms with van der Waals surface area (Å²) in [7, 11) is 1.69. The highest BCUT2D eigenvalue weighted by Crippen LogP contribution is 2.21. The van der Waals surface area contributed by atoms with Gasteiger partial charge < -0.3 is 0 Å². The van der Waals surface area contributed by atoms with E-state index in [-0.39, 0.29) is 5.91 Å². The first kappa shape index (κ1) is 13.3. The average Bonchev–Trinajstić information content (AvgIpc) is 2.41. The van der Waals surface area contributed by atoms with Gasteiger partial charge in [0.15, 0.2) is 0 Å². The molecule has 5 heteroatoms. The third-order valence-electron chi connectivity index (χ3n) is 2.46. The number of hydrogen-bond acceptors (Lipinski definition) is 2. The van der Waals surface area contributed by atoms with E-state index in [1.165, 1.54) is 4.90 Å². The van der Waals surface area contributed by atoms with Gasteiger partial charge in [-0.1, -0.05) is 17.7 Å². The lowest BCUT2D eigenvalue weighted by Crippen LogP contribution is -2.26. The zero-order valence-corrected chi connectivity index (χ0v) is 12.5. The van der Waals surface area contributed by atoms with Crippen LogP contribution < -0.4 is 4.90 Å². The number of benzene rings is 1. The molecule has 0 fully saturated rings. The van der Waals surface area contributed by atoms with Gasteiger partial charge in [0.25, 0.3) is 5.91 Å². The van der Waals surface area contributed by atoms with E-state index < -0.39 is 0 Å². The number of pyridine rings is 1. The van der Waals surface area contributed by atoms with Gasteiger partial charge in [-0.25, -0.2) is 4.98 Å². The van der Waals surface area contributed by atoms with Crippen LogP contribution in [0.2, 0.25) is 5.02 Å². The summed E-state index contributed by atoms with van der Waals surface area (Å²) in [5.41, 5.74) is 0.550. The number of carbonyl (C=O) groups is 1. The highest BCUT2D eigenvalue weighted by molar-refractivity contribution is 14.1. The van der Waals surface area contributed by atoms with Crippen LogP contribution in [0.25, 0.3) is 0 Å². The summed E-state index contributed by atoms with van der Waals surface area (Å²) in [5, 5.41) is 0.580. The molecule has 0 aliphatic rings. The van der Waals surface area contributed by atoms with Crippen LogP contribution in [0.3, 0.4) is 0 Å². The Morgan fingerprint density at radius 3 is 2.72 bits per heavy atom. The number of rotatable bonds is 2. The van der Waals surface area contributed by atoms with Crippen molar-refractivity contribution < 1.29 is 4.79 Å². The van der Waals surface area contributed by atoms with Gasteiger partial charge in [0, 0.05) is 22.4 Å². The van der Waals surface area contributed by atoms with Gasteiger partial charge in [0.1, 0.15) is 5.82 Å². The van der Waals surface area contributed by atoms with Gasteiger partial charge in [0.05, 0.1) is 5.02 Å². The number of halogens is 2. The molecule has 3 nitrogen and oxygen atoms in total. The number of aromatic nitrogens is 1. The molecule has 0 spiro atoms. The van der Waals surface area contributed by atoms with E-state index in [4.69, 9.17) is 11.6 Å². The normalized spacial score (nSPS) is 10.2. The summed E-state index contributed by atoms with van der Waals surface area (Å²) in [6, 6.07) is 10.7. The van der Waals surface area contributed by atoms with Crippen molar-refractivity contribution in [1.82, 2.24) is 4.98 Å². The largest absolute Gasteiger partial charge is 0.296 e. The van der Waals surface area contributed by atoms with Crippen LogP contribution in [0, 0.1) is 3.57 Å². The summed E-state index contributed by atoms with van der Waals surface area (Å²) in [5.74, 6) is 0.476. The fourth-order valence-electron chi connectivity index (χ4n) is 1.48. The Kier molecular flexibility index (Phi) is 4.19. The van der Waals surface area contributed by atoms with Crippen LogP contribution in [-0.2, 0) is 0 Å². The van der Waals surface area contributed by atoms with Crippen LogP contribution in [-0.4, -0.2) is 17.9 Å². The van der Waals surface area contributed by atoms with Crippen LogP contribution in [0.5, 0.6) is 0 Å². The van der Waals surface area contributed by atoms with Gasteiger partial charge in [-0.2, -0.15) is 0 Å². The first-order valence-electron chi connectivity index (χ1n) is 5.24. The van der Waals surface area contributed by atoms with E-state index in [2.05, 4.69) is 27.6 Å². The molecule has 0 aliphatic heterocycles. The minimum absolute atomic E-state index is 0.132. The maximum Gasteiger partial charge on any atom is 0.259 e. The van der Waals surface area contributed by atoms with Crippen molar-refractivity contribution in [1.29, 1.82) is 0 Å². The number of anilines is 1. The van der Waals surface area contributed by atoms with Crippen molar-refractivity contribution in [2.75, 3.05) is 11.9 Å². The molecule has 0 saturated carbocycles. The van der Waals surface area contributed by atoms with Crippen molar-refractivity contribution in [3.63, 3.8) is 0 Å². The Balaban J connectivity index is 2.29. The molecule has 0 unspecified atom stereocenters. The minimum atomic E-state index is -0.132. The molecule has 2 aromatic rings. The minimum Gasteiger partial charge on any atom is -0.296 e. The molecule has 0 bridgehead atoms. The zero-order valence-electron chi connectivity index (χ0n) is 9.60. The maximum absolute atomic E-state index is 12.2. The molecule has 18 heavy (non-hydrogen) atoms. The molecule has 0 atom stereocenters. The second kappa shape index (κ2) is 5.67. The Labute approximate surface area is 124 Å². The molecule has 1 aromatic heterocycles. The molecule has 1 heterocycles. The lowest BCUT2D eigenvalue weighted by atomic mass is 10.2. The SMILES string of the molecule is CN(C(=O)c1ccc(I)c(Cl)c1)c1ccccn1. The molecular formula is C13H10ClIN2O. The molecule has 0 N–H and O–H groups in total. The third-order valence-corrected chi connectivity index (χ3v) is 4.04. The van der Waals surface area contributed by atoms with E-state index in [9.17, 15) is 4.79 Å². The molecule has 0 radical (unpaired) electrons. The molecule has 0 aliphatic carbocycles. The fourth-order valence-corrected chi connectivity index (χ4v) is 2.00. The molecule has 92 valence electrons. The predicted octanol–water partition coefficient (Wildman–Crippen LogP) is 3.62. The molecule has 0 saturated heterocycles. The lowest BCUT2D eigenvalue weighted by molar-refractivity contribution is 0.0992. The summed E-state index contributed by atoms with van der Waals surface area (Å²) in [4.78, 5) is 17.9. The standard InChI is InChI=1S/C13H10ClIN2O/c1-17(12-4-2-3-7-16-12)13(18)9-5-6-11(15)10(14)8-9/h2-8H,1H3. The number of hydrogen-bond donors (Lipinski definition) is 0. The van der Waals surface area contributed by atoms with E-state index >= 15 is 0 Å². The first-order valence-corrected chi connectivity index (χ1v) is 6.69. The average molecular weight is 373 g/mol. The quantitative estimate of drug-likeness (QED) is 0.755. The van der Waals surface area contributed by atoms with Gasteiger partial charge in [0.2, 0.25) is 0 Å². The van der Waals surface area contributed by atoms with Crippen LogP contribution in [0.15, 0.2) is 42.6 Å². The summed E-state index contributed by atoms with van der Waals surface area (Å²) in [6.45, 7) is 0. The number of amides is 1. The first-order chi connectivity index (χ1) is 8.59. The highest BCUT2D eigenvalue weighted by atomic mass is 127. The van der Waals surface area contributed by atoms with Crippen LogP contribution in [0.1, 0.15) is 10.4 Å². The van der Waals surface area contributed by atoms with E-state index in [1.54, 1.807) is 31.4 Å². The van der Waals surface area contributed by atoms with Crippen molar-refractivity contribution >= 4 is 45.9 Å². The van der Waals surface area contributed by atoms with Crippen molar-refractivity contribution in [2.45, 2.75) is 0 Å². The van der Waals surface area contributed by atoms with Gasteiger partial charge in [-0.3, -0.25) is 9.69 Å². The molecular weight excluding hydrogens is 363 g/mol. The number of carbonyl (C=O) groups excluding carboxylic acids is 1.